The number of aliphatic imine (C=N–C) groups is 1. The first-order valence-corrected chi connectivity index (χ1v) is 7.64. The van der Waals surface area contributed by atoms with Crippen LogP contribution in [0.1, 0.15) is 12.0 Å². The van der Waals surface area contributed by atoms with Gasteiger partial charge in [0, 0.05) is 39.7 Å². The summed E-state index contributed by atoms with van der Waals surface area (Å²) in [5.74, 6) is 3.11. The highest BCUT2D eigenvalue weighted by atomic mass is 16.7. The average molecular weight is 305 g/mol. The maximum Gasteiger partial charge on any atom is 0.231 e. The van der Waals surface area contributed by atoms with E-state index in [0.717, 1.165) is 49.2 Å². The Bertz CT molecular complexity index is 541. The quantitative estimate of drug-likeness (QED) is 0.674. The van der Waals surface area contributed by atoms with Crippen LogP contribution in [0.5, 0.6) is 11.5 Å². The Morgan fingerprint density at radius 2 is 2.23 bits per heavy atom. The van der Waals surface area contributed by atoms with E-state index >= 15 is 0 Å². The number of hydrogen-bond acceptors (Lipinski definition) is 4. The van der Waals surface area contributed by atoms with E-state index in [1.54, 1.807) is 0 Å². The fourth-order valence-electron chi connectivity index (χ4n) is 2.82. The van der Waals surface area contributed by atoms with Crippen LogP contribution in [0.2, 0.25) is 0 Å². The van der Waals surface area contributed by atoms with Crippen LogP contribution >= 0.6 is 0 Å². The zero-order valence-electron chi connectivity index (χ0n) is 13.2. The van der Waals surface area contributed by atoms with Gasteiger partial charge in [-0.15, -0.1) is 0 Å². The number of fused-ring (bicyclic) bond motifs is 1. The van der Waals surface area contributed by atoms with Gasteiger partial charge in [-0.2, -0.15) is 0 Å². The molecular formula is C16H23N3O3. The molecule has 1 aromatic carbocycles. The Morgan fingerprint density at radius 3 is 3.00 bits per heavy atom. The van der Waals surface area contributed by atoms with Crippen molar-refractivity contribution < 1.29 is 14.2 Å². The van der Waals surface area contributed by atoms with Gasteiger partial charge < -0.3 is 24.4 Å². The molecule has 1 aromatic rings. The van der Waals surface area contributed by atoms with Crippen molar-refractivity contribution in [2.45, 2.75) is 13.0 Å². The third kappa shape index (κ3) is 3.44. The molecule has 0 bridgehead atoms. The lowest BCUT2D eigenvalue weighted by Crippen LogP contribution is -2.41. The lowest BCUT2D eigenvalue weighted by Gasteiger charge is -2.24. The molecule has 22 heavy (non-hydrogen) atoms. The summed E-state index contributed by atoms with van der Waals surface area (Å²) < 4.78 is 16.2. The summed E-state index contributed by atoms with van der Waals surface area (Å²) in [5.41, 5.74) is 1.14. The molecule has 1 N–H and O–H groups in total. The molecule has 1 atom stereocenters. The van der Waals surface area contributed by atoms with Gasteiger partial charge in [-0.1, -0.05) is 6.07 Å². The second-order valence-corrected chi connectivity index (χ2v) is 5.70. The number of nitrogens with zero attached hydrogens (tertiary/aromatic N) is 2. The summed E-state index contributed by atoms with van der Waals surface area (Å²) in [7, 11) is 3.87. The van der Waals surface area contributed by atoms with Crippen molar-refractivity contribution in [1.29, 1.82) is 0 Å². The molecule has 2 aliphatic heterocycles. The molecule has 1 saturated heterocycles. The minimum Gasteiger partial charge on any atom is -0.454 e. The van der Waals surface area contributed by atoms with E-state index in [1.807, 2.05) is 25.2 Å². The number of hydrogen-bond donors (Lipinski definition) is 1. The van der Waals surface area contributed by atoms with E-state index in [9.17, 15) is 0 Å². The van der Waals surface area contributed by atoms with E-state index in [-0.39, 0.29) is 0 Å². The highest BCUT2D eigenvalue weighted by Gasteiger charge is 2.19. The standard InChI is InChI=1S/C16H23N3O3/c1-17-16(19(2)9-13-5-6-20-10-13)18-8-12-3-4-14-15(7-12)22-11-21-14/h3-4,7,13H,5-6,8-11H2,1-2H3,(H,17,18). The van der Waals surface area contributed by atoms with Crippen LogP contribution < -0.4 is 14.8 Å². The molecule has 0 amide bonds. The van der Waals surface area contributed by atoms with Crippen molar-refractivity contribution in [2.75, 3.05) is 40.6 Å². The fraction of sp³-hybridized carbons (Fsp3) is 0.562. The molecule has 0 aromatic heterocycles. The van der Waals surface area contributed by atoms with Crippen LogP contribution in [0.25, 0.3) is 0 Å². The molecule has 2 heterocycles. The van der Waals surface area contributed by atoms with Crippen molar-refractivity contribution in [2.24, 2.45) is 10.9 Å². The number of ether oxygens (including phenoxy) is 3. The van der Waals surface area contributed by atoms with Crippen LogP contribution in [-0.2, 0) is 11.3 Å². The van der Waals surface area contributed by atoms with Crippen molar-refractivity contribution in [3.05, 3.63) is 23.8 Å². The Labute approximate surface area is 131 Å². The molecule has 1 fully saturated rings. The molecule has 0 aliphatic carbocycles. The zero-order valence-corrected chi connectivity index (χ0v) is 13.2. The minimum atomic E-state index is 0.306. The van der Waals surface area contributed by atoms with Gasteiger partial charge in [0.2, 0.25) is 6.79 Å². The highest BCUT2D eigenvalue weighted by Crippen LogP contribution is 2.32. The van der Waals surface area contributed by atoms with Gasteiger partial charge in [0.05, 0.1) is 6.61 Å². The Kier molecular flexibility index (Phi) is 4.68. The lowest BCUT2D eigenvalue weighted by molar-refractivity contribution is 0.174. The summed E-state index contributed by atoms with van der Waals surface area (Å²) in [4.78, 5) is 6.51. The van der Waals surface area contributed by atoms with Gasteiger partial charge in [0.15, 0.2) is 17.5 Å². The van der Waals surface area contributed by atoms with Crippen molar-refractivity contribution in [3.8, 4) is 11.5 Å². The van der Waals surface area contributed by atoms with E-state index in [1.165, 1.54) is 0 Å². The molecule has 6 heteroatoms. The van der Waals surface area contributed by atoms with E-state index in [4.69, 9.17) is 14.2 Å². The van der Waals surface area contributed by atoms with E-state index in [2.05, 4.69) is 22.3 Å². The van der Waals surface area contributed by atoms with Crippen molar-refractivity contribution >= 4 is 5.96 Å². The normalized spacial score (nSPS) is 20.3. The number of nitrogens with one attached hydrogen (secondary N) is 1. The highest BCUT2D eigenvalue weighted by molar-refractivity contribution is 5.79. The molecule has 1 unspecified atom stereocenters. The lowest BCUT2D eigenvalue weighted by atomic mass is 10.1. The minimum absolute atomic E-state index is 0.306. The topological polar surface area (TPSA) is 55.3 Å². The Balaban J connectivity index is 1.54. The molecule has 0 radical (unpaired) electrons. The maximum absolute atomic E-state index is 5.43. The fourth-order valence-corrected chi connectivity index (χ4v) is 2.82. The predicted octanol–water partition coefficient (Wildman–Crippen LogP) is 1.46. The maximum atomic E-state index is 5.43. The van der Waals surface area contributed by atoms with E-state index in [0.29, 0.717) is 19.3 Å². The molecule has 6 nitrogen and oxygen atoms in total. The summed E-state index contributed by atoms with van der Waals surface area (Å²) in [6, 6.07) is 5.99. The zero-order chi connectivity index (χ0) is 15.4. The first-order chi connectivity index (χ1) is 10.8. The smallest absolute Gasteiger partial charge is 0.231 e. The number of guanidine groups is 1. The molecule has 0 saturated carbocycles. The largest absolute Gasteiger partial charge is 0.454 e. The summed E-state index contributed by atoms with van der Waals surface area (Å²) in [6.07, 6.45) is 1.13. The van der Waals surface area contributed by atoms with Crippen LogP contribution in [0.15, 0.2) is 23.2 Å². The van der Waals surface area contributed by atoms with Gasteiger partial charge in [-0.25, -0.2) is 0 Å². The third-order valence-corrected chi connectivity index (χ3v) is 4.02. The Hall–Kier alpha value is -1.95. The second kappa shape index (κ2) is 6.87. The first kappa shape index (κ1) is 15.0. The number of benzene rings is 1. The van der Waals surface area contributed by atoms with Crippen LogP contribution in [-0.4, -0.2) is 51.5 Å². The predicted molar refractivity (Wildman–Crippen MR) is 84.3 cm³/mol. The average Bonchev–Trinajstić information content (AvgIpc) is 3.18. The summed E-state index contributed by atoms with van der Waals surface area (Å²) in [5, 5.41) is 3.39. The number of rotatable bonds is 4. The van der Waals surface area contributed by atoms with Crippen LogP contribution in [0.3, 0.4) is 0 Å². The van der Waals surface area contributed by atoms with Gasteiger partial charge >= 0.3 is 0 Å². The molecule has 0 spiro atoms. The van der Waals surface area contributed by atoms with E-state index < -0.39 is 0 Å². The van der Waals surface area contributed by atoms with Gasteiger partial charge in [0.1, 0.15) is 0 Å². The molecule has 2 aliphatic rings. The van der Waals surface area contributed by atoms with Gasteiger partial charge in [-0.05, 0) is 24.1 Å². The molecular weight excluding hydrogens is 282 g/mol. The monoisotopic (exact) mass is 305 g/mol. The van der Waals surface area contributed by atoms with Crippen LogP contribution in [0, 0.1) is 5.92 Å². The second-order valence-electron chi connectivity index (χ2n) is 5.70. The van der Waals surface area contributed by atoms with Gasteiger partial charge in [0.25, 0.3) is 0 Å². The molecule has 3 rings (SSSR count). The molecule has 120 valence electrons. The van der Waals surface area contributed by atoms with Crippen molar-refractivity contribution in [3.63, 3.8) is 0 Å². The van der Waals surface area contributed by atoms with Crippen LogP contribution in [0.4, 0.5) is 0 Å². The van der Waals surface area contributed by atoms with Gasteiger partial charge in [-0.3, -0.25) is 4.99 Å². The third-order valence-electron chi connectivity index (χ3n) is 4.02. The SMILES string of the molecule is CN=C(NCc1ccc2c(c1)OCO2)N(C)CC1CCOC1. The Morgan fingerprint density at radius 1 is 1.36 bits per heavy atom. The summed E-state index contributed by atoms with van der Waals surface area (Å²) in [6.45, 7) is 3.70. The van der Waals surface area contributed by atoms with Crippen molar-refractivity contribution in [1.82, 2.24) is 10.2 Å². The first-order valence-electron chi connectivity index (χ1n) is 7.64. The summed E-state index contributed by atoms with van der Waals surface area (Å²) >= 11 is 0.